The van der Waals surface area contributed by atoms with E-state index in [1.807, 2.05) is 0 Å². The topological polar surface area (TPSA) is 20.2 Å². The van der Waals surface area contributed by atoms with Gasteiger partial charge in [0.05, 0.1) is 6.10 Å². The molecule has 1 fully saturated rings. The number of aliphatic hydroxyl groups excluding tert-OH is 1. The van der Waals surface area contributed by atoms with Crippen LogP contribution in [-0.2, 0) is 6.42 Å². The molecule has 1 N–H and O–H groups in total. The van der Waals surface area contributed by atoms with Crippen LogP contribution in [0.3, 0.4) is 0 Å². The molecule has 1 aliphatic rings. The Hall–Kier alpha value is -1.34. The van der Waals surface area contributed by atoms with Crippen LogP contribution in [-0.4, -0.2) is 11.2 Å². The van der Waals surface area contributed by atoms with Gasteiger partial charge in [0.2, 0.25) is 0 Å². The molecule has 0 radical (unpaired) electrons. The van der Waals surface area contributed by atoms with E-state index < -0.39 is 0 Å². The number of fused-ring (bicyclic) bond motifs is 1. The van der Waals surface area contributed by atoms with E-state index in [4.69, 9.17) is 0 Å². The molecule has 0 aliphatic heterocycles. The van der Waals surface area contributed by atoms with Crippen molar-refractivity contribution in [2.75, 3.05) is 0 Å². The summed E-state index contributed by atoms with van der Waals surface area (Å²) >= 11 is 0. The quantitative estimate of drug-likeness (QED) is 0.843. The Kier molecular flexibility index (Phi) is 3.33. The van der Waals surface area contributed by atoms with Crippen molar-refractivity contribution in [3.05, 3.63) is 48.0 Å². The minimum atomic E-state index is -0.0437. The number of hydrogen-bond acceptors (Lipinski definition) is 1. The Bertz CT molecular complexity index is 524. The molecule has 18 heavy (non-hydrogen) atoms. The van der Waals surface area contributed by atoms with Gasteiger partial charge in [-0.2, -0.15) is 0 Å². The Balaban J connectivity index is 1.74. The van der Waals surface area contributed by atoms with Gasteiger partial charge in [-0.1, -0.05) is 42.5 Å². The van der Waals surface area contributed by atoms with Crippen molar-refractivity contribution in [3.8, 4) is 0 Å². The molecule has 1 aliphatic carbocycles. The highest BCUT2D eigenvalue weighted by molar-refractivity contribution is 5.82. The maximum Gasteiger partial charge on any atom is 0.0540 e. The third-order valence-electron chi connectivity index (χ3n) is 4.15. The fraction of sp³-hybridized carbons (Fsp3) is 0.412. The van der Waals surface area contributed by atoms with Crippen LogP contribution in [0.25, 0.3) is 10.8 Å². The van der Waals surface area contributed by atoms with Crippen LogP contribution in [0, 0.1) is 5.92 Å². The van der Waals surface area contributed by atoms with E-state index in [1.165, 1.54) is 29.2 Å². The largest absolute Gasteiger partial charge is 0.393 e. The molecule has 0 unspecified atom stereocenters. The number of rotatable bonds is 2. The van der Waals surface area contributed by atoms with Gasteiger partial charge in [-0.3, -0.25) is 0 Å². The van der Waals surface area contributed by atoms with Gasteiger partial charge in [-0.15, -0.1) is 0 Å². The Morgan fingerprint density at radius 1 is 0.889 bits per heavy atom. The lowest BCUT2D eigenvalue weighted by Gasteiger charge is -2.25. The first-order chi connectivity index (χ1) is 8.81. The van der Waals surface area contributed by atoms with Gasteiger partial charge >= 0.3 is 0 Å². The number of aliphatic hydroxyl groups is 1. The van der Waals surface area contributed by atoms with E-state index in [9.17, 15) is 5.11 Å². The molecule has 94 valence electrons. The van der Waals surface area contributed by atoms with E-state index in [0.29, 0.717) is 0 Å². The molecule has 0 heterocycles. The van der Waals surface area contributed by atoms with Crippen LogP contribution >= 0.6 is 0 Å². The minimum Gasteiger partial charge on any atom is -0.393 e. The predicted octanol–water partition coefficient (Wildman–Crippen LogP) is 3.93. The molecular weight excluding hydrogens is 220 g/mol. The number of hydrogen-bond donors (Lipinski definition) is 1. The van der Waals surface area contributed by atoms with Crippen molar-refractivity contribution in [1.29, 1.82) is 0 Å². The third-order valence-corrected chi connectivity index (χ3v) is 4.15. The summed E-state index contributed by atoms with van der Waals surface area (Å²) in [4.78, 5) is 0. The molecule has 1 nitrogen and oxygen atoms in total. The Morgan fingerprint density at radius 2 is 1.61 bits per heavy atom. The molecule has 1 heteroatoms. The zero-order chi connectivity index (χ0) is 12.4. The number of benzene rings is 2. The maximum absolute atomic E-state index is 9.53. The van der Waals surface area contributed by atoms with E-state index in [0.717, 1.165) is 25.2 Å². The summed E-state index contributed by atoms with van der Waals surface area (Å²) in [5.74, 6) is 0.759. The van der Waals surface area contributed by atoms with Crippen LogP contribution in [0.5, 0.6) is 0 Å². The zero-order valence-electron chi connectivity index (χ0n) is 10.7. The molecule has 0 atom stereocenters. The van der Waals surface area contributed by atoms with Gasteiger partial charge in [-0.05, 0) is 54.4 Å². The summed E-state index contributed by atoms with van der Waals surface area (Å²) < 4.78 is 0. The highest BCUT2D eigenvalue weighted by Gasteiger charge is 2.19. The molecule has 3 rings (SSSR count). The van der Waals surface area contributed by atoms with Crippen LogP contribution in [0.2, 0.25) is 0 Å². The van der Waals surface area contributed by atoms with Gasteiger partial charge in [-0.25, -0.2) is 0 Å². The van der Waals surface area contributed by atoms with Crippen molar-refractivity contribution in [1.82, 2.24) is 0 Å². The normalized spacial score (nSPS) is 24.3. The average Bonchev–Trinajstić information content (AvgIpc) is 2.41. The van der Waals surface area contributed by atoms with Crippen LogP contribution in [0.4, 0.5) is 0 Å². The highest BCUT2D eigenvalue weighted by Crippen LogP contribution is 2.28. The van der Waals surface area contributed by atoms with Gasteiger partial charge in [0.15, 0.2) is 0 Å². The summed E-state index contributed by atoms with van der Waals surface area (Å²) in [5, 5.41) is 12.2. The second-order valence-corrected chi connectivity index (χ2v) is 5.56. The van der Waals surface area contributed by atoms with E-state index in [1.54, 1.807) is 0 Å². The molecule has 0 spiro atoms. The molecule has 0 aromatic heterocycles. The van der Waals surface area contributed by atoms with Gasteiger partial charge in [0.1, 0.15) is 0 Å². The molecule has 0 bridgehead atoms. The molecular formula is C17H20O. The van der Waals surface area contributed by atoms with E-state index >= 15 is 0 Å². The fourth-order valence-electron chi connectivity index (χ4n) is 3.05. The van der Waals surface area contributed by atoms with Gasteiger partial charge in [0, 0.05) is 0 Å². The molecule has 0 amide bonds. The standard InChI is InChI=1S/C17H20O/c18-17-9-6-13(7-10-17)11-14-5-8-15-3-1-2-4-16(15)12-14/h1-5,8,12-13,17-18H,6-7,9-11H2. The summed E-state index contributed by atoms with van der Waals surface area (Å²) in [6, 6.07) is 15.3. The molecule has 1 saturated carbocycles. The SMILES string of the molecule is OC1CCC(Cc2ccc3ccccc3c2)CC1. The monoisotopic (exact) mass is 240 g/mol. The summed E-state index contributed by atoms with van der Waals surface area (Å²) in [6.45, 7) is 0. The first-order valence-corrected chi connectivity index (χ1v) is 6.97. The smallest absolute Gasteiger partial charge is 0.0540 e. The Labute approximate surface area is 108 Å². The van der Waals surface area contributed by atoms with Crippen LogP contribution < -0.4 is 0 Å². The molecule has 0 saturated heterocycles. The van der Waals surface area contributed by atoms with Crippen LogP contribution in [0.1, 0.15) is 31.2 Å². The summed E-state index contributed by atoms with van der Waals surface area (Å²) in [7, 11) is 0. The van der Waals surface area contributed by atoms with E-state index in [2.05, 4.69) is 42.5 Å². The van der Waals surface area contributed by atoms with Gasteiger partial charge in [0.25, 0.3) is 0 Å². The lowest BCUT2D eigenvalue weighted by Crippen LogP contribution is -2.19. The van der Waals surface area contributed by atoms with Crippen LogP contribution in [0.15, 0.2) is 42.5 Å². The van der Waals surface area contributed by atoms with Gasteiger partial charge < -0.3 is 5.11 Å². The van der Waals surface area contributed by atoms with Crippen molar-refractivity contribution in [3.63, 3.8) is 0 Å². The highest BCUT2D eigenvalue weighted by atomic mass is 16.3. The van der Waals surface area contributed by atoms with Crippen molar-refractivity contribution in [2.24, 2.45) is 5.92 Å². The Morgan fingerprint density at radius 3 is 2.39 bits per heavy atom. The zero-order valence-corrected chi connectivity index (χ0v) is 10.7. The lowest BCUT2D eigenvalue weighted by molar-refractivity contribution is 0.109. The summed E-state index contributed by atoms with van der Waals surface area (Å²) in [5.41, 5.74) is 1.44. The third kappa shape index (κ3) is 2.56. The molecule has 2 aromatic carbocycles. The second kappa shape index (κ2) is 5.11. The predicted molar refractivity (Wildman–Crippen MR) is 75.6 cm³/mol. The first-order valence-electron chi connectivity index (χ1n) is 6.97. The average molecular weight is 240 g/mol. The minimum absolute atomic E-state index is 0.0437. The van der Waals surface area contributed by atoms with Crippen molar-refractivity contribution < 1.29 is 5.11 Å². The fourth-order valence-corrected chi connectivity index (χ4v) is 3.05. The molecule has 2 aromatic rings. The van der Waals surface area contributed by atoms with E-state index in [-0.39, 0.29) is 6.10 Å². The van der Waals surface area contributed by atoms with Crippen molar-refractivity contribution in [2.45, 2.75) is 38.2 Å². The maximum atomic E-state index is 9.53. The van der Waals surface area contributed by atoms with Crippen molar-refractivity contribution >= 4 is 10.8 Å². The first kappa shape index (κ1) is 11.7. The summed E-state index contributed by atoms with van der Waals surface area (Å²) in [6.07, 6.45) is 5.44. The lowest BCUT2D eigenvalue weighted by atomic mass is 9.83. The second-order valence-electron chi connectivity index (χ2n) is 5.56.